The second-order valence-electron chi connectivity index (χ2n) is 3.98. The summed E-state index contributed by atoms with van der Waals surface area (Å²) < 4.78 is 5.14. The van der Waals surface area contributed by atoms with Gasteiger partial charge in [0.15, 0.2) is 0 Å². The fourth-order valence-electron chi connectivity index (χ4n) is 0.859. The summed E-state index contributed by atoms with van der Waals surface area (Å²) in [5.74, 6) is 1.39. The summed E-state index contributed by atoms with van der Waals surface area (Å²) in [6.07, 6.45) is 2.58. The average Bonchev–Trinajstić information content (AvgIpc) is 2.34. The Hall–Kier alpha value is -0.900. The third kappa shape index (κ3) is 1.77. The van der Waals surface area contributed by atoms with Crippen LogP contribution in [0.1, 0.15) is 39.4 Å². The molecule has 0 aliphatic carbocycles. The van der Waals surface area contributed by atoms with Crippen molar-refractivity contribution in [2.75, 3.05) is 0 Å². The molecular weight excluding hydrogens is 136 g/mol. The summed E-state index contributed by atoms with van der Waals surface area (Å²) in [6, 6.07) is 4.65. The number of rotatable bonds is 1. The second kappa shape index (κ2) is 2.62. The molecule has 0 saturated heterocycles. The monoisotopic (exact) mass is 150 g/mol. The van der Waals surface area contributed by atoms with Crippen LogP contribution in [-0.2, 0) is 0 Å². The van der Waals surface area contributed by atoms with E-state index >= 15 is 0 Å². The van der Waals surface area contributed by atoms with Gasteiger partial charge in [0.2, 0.25) is 0 Å². The molecule has 1 unspecified atom stereocenters. The molecular formula is C10H14O. The minimum Gasteiger partial charge on any atom is -0.411 e. The third-order valence-electron chi connectivity index (χ3n) is 2.17. The summed E-state index contributed by atoms with van der Waals surface area (Å²) in [7, 11) is 0. The SMILES string of the molecule is CC(c1cc#co1)C(C)(C)C. The second-order valence-corrected chi connectivity index (χ2v) is 3.98. The molecule has 0 saturated carbocycles. The van der Waals surface area contributed by atoms with Gasteiger partial charge in [0.1, 0.15) is 12.0 Å². The highest BCUT2D eigenvalue weighted by Gasteiger charge is 2.23. The molecule has 0 bridgehead atoms. The van der Waals surface area contributed by atoms with Crippen LogP contribution in [0.2, 0.25) is 0 Å². The van der Waals surface area contributed by atoms with E-state index in [-0.39, 0.29) is 5.41 Å². The summed E-state index contributed by atoms with van der Waals surface area (Å²) in [5.41, 5.74) is 0.250. The van der Waals surface area contributed by atoms with Gasteiger partial charge >= 0.3 is 0 Å². The van der Waals surface area contributed by atoms with Crippen LogP contribution in [0.3, 0.4) is 0 Å². The molecule has 0 N–H and O–H groups in total. The Morgan fingerprint density at radius 3 is 2.45 bits per heavy atom. The van der Waals surface area contributed by atoms with E-state index in [1.54, 1.807) is 0 Å². The lowest BCUT2D eigenvalue weighted by atomic mass is 9.81. The Bertz CT molecular complexity index is 203. The van der Waals surface area contributed by atoms with Gasteiger partial charge in [-0.25, -0.2) is 0 Å². The maximum Gasteiger partial charge on any atom is 0.129 e. The smallest absolute Gasteiger partial charge is 0.129 e. The zero-order valence-corrected chi connectivity index (χ0v) is 7.56. The zero-order valence-electron chi connectivity index (χ0n) is 7.56. The lowest BCUT2D eigenvalue weighted by Crippen LogP contribution is -2.14. The van der Waals surface area contributed by atoms with Gasteiger partial charge in [-0.05, 0) is 11.5 Å². The molecule has 1 rings (SSSR count). The highest BCUT2D eigenvalue weighted by molar-refractivity contribution is 5.03. The lowest BCUT2D eigenvalue weighted by molar-refractivity contribution is 0.296. The van der Waals surface area contributed by atoms with Crippen LogP contribution < -0.4 is 0 Å². The van der Waals surface area contributed by atoms with Gasteiger partial charge in [-0.15, -0.1) is 0 Å². The Labute approximate surface area is 68.4 Å². The van der Waals surface area contributed by atoms with Gasteiger partial charge in [0.25, 0.3) is 0 Å². The summed E-state index contributed by atoms with van der Waals surface area (Å²) in [4.78, 5) is 0. The van der Waals surface area contributed by atoms with Crippen molar-refractivity contribution in [3.63, 3.8) is 0 Å². The minimum absolute atomic E-state index is 0.250. The van der Waals surface area contributed by atoms with Crippen LogP contribution in [0.4, 0.5) is 0 Å². The van der Waals surface area contributed by atoms with Crippen molar-refractivity contribution in [1.82, 2.24) is 0 Å². The van der Waals surface area contributed by atoms with Crippen molar-refractivity contribution >= 4 is 0 Å². The molecule has 0 radical (unpaired) electrons. The molecule has 0 fully saturated rings. The largest absolute Gasteiger partial charge is 0.411 e. The van der Waals surface area contributed by atoms with Crippen LogP contribution >= 0.6 is 0 Å². The molecule has 1 heteroatoms. The maximum atomic E-state index is 5.14. The van der Waals surface area contributed by atoms with E-state index in [9.17, 15) is 0 Å². The Morgan fingerprint density at radius 2 is 2.09 bits per heavy atom. The first-order valence-corrected chi connectivity index (χ1v) is 3.89. The van der Waals surface area contributed by atoms with Crippen molar-refractivity contribution in [3.05, 3.63) is 24.2 Å². The molecule has 1 aromatic rings. The summed E-state index contributed by atoms with van der Waals surface area (Å²) in [6.45, 7) is 8.74. The normalized spacial score (nSPS) is 14.2. The average molecular weight is 150 g/mol. The van der Waals surface area contributed by atoms with Crippen LogP contribution in [0.25, 0.3) is 0 Å². The Kier molecular flexibility index (Phi) is 1.95. The van der Waals surface area contributed by atoms with E-state index in [0.29, 0.717) is 5.92 Å². The van der Waals surface area contributed by atoms with Crippen molar-refractivity contribution in [1.29, 1.82) is 0 Å². The molecule has 0 aliphatic rings. The first-order valence-electron chi connectivity index (χ1n) is 3.89. The molecule has 1 atom stereocenters. The van der Waals surface area contributed by atoms with Crippen LogP contribution in [0.5, 0.6) is 0 Å². The fourth-order valence-corrected chi connectivity index (χ4v) is 0.859. The topological polar surface area (TPSA) is 13.1 Å². The predicted octanol–water partition coefficient (Wildman–Crippen LogP) is 3.03. The molecule has 60 valence electrons. The molecule has 0 aliphatic heterocycles. The summed E-state index contributed by atoms with van der Waals surface area (Å²) in [5, 5.41) is 0. The van der Waals surface area contributed by atoms with Gasteiger partial charge in [-0.3, -0.25) is 0 Å². The van der Waals surface area contributed by atoms with Gasteiger partial charge in [0, 0.05) is 12.0 Å². The first kappa shape index (κ1) is 8.20. The van der Waals surface area contributed by atoms with E-state index < -0.39 is 0 Å². The predicted molar refractivity (Wildman–Crippen MR) is 44.3 cm³/mol. The standard InChI is InChI=1S/C10H14O/c1-8(10(2,3)4)9-6-5-7-11-9/h6,8H,1-4H3. The van der Waals surface area contributed by atoms with Gasteiger partial charge in [-0.2, -0.15) is 0 Å². The molecule has 1 aromatic heterocycles. The molecule has 0 spiro atoms. The van der Waals surface area contributed by atoms with Gasteiger partial charge < -0.3 is 4.42 Å². The van der Waals surface area contributed by atoms with Crippen LogP contribution in [0, 0.1) is 17.7 Å². The van der Waals surface area contributed by atoms with E-state index in [4.69, 9.17) is 4.42 Å². The molecule has 11 heavy (non-hydrogen) atoms. The van der Waals surface area contributed by atoms with E-state index in [0.717, 1.165) is 5.76 Å². The molecule has 1 nitrogen and oxygen atoms in total. The van der Waals surface area contributed by atoms with Crippen LogP contribution in [0.15, 0.2) is 10.5 Å². The van der Waals surface area contributed by atoms with Crippen molar-refractivity contribution < 1.29 is 4.42 Å². The van der Waals surface area contributed by atoms with E-state index in [1.165, 1.54) is 0 Å². The Morgan fingerprint density at radius 1 is 1.45 bits per heavy atom. The van der Waals surface area contributed by atoms with Crippen molar-refractivity contribution in [2.45, 2.75) is 33.6 Å². The van der Waals surface area contributed by atoms with Gasteiger partial charge in [0.05, 0.1) is 0 Å². The zero-order chi connectivity index (χ0) is 8.48. The minimum atomic E-state index is 0.250. The lowest BCUT2D eigenvalue weighted by Gasteiger charge is -2.24. The van der Waals surface area contributed by atoms with Gasteiger partial charge in [-0.1, -0.05) is 27.7 Å². The highest BCUT2D eigenvalue weighted by Crippen LogP contribution is 2.33. The number of hydrogen-bond donors (Lipinski definition) is 0. The Balaban J connectivity index is 2.78. The highest BCUT2D eigenvalue weighted by atomic mass is 16.3. The fraction of sp³-hybridized carbons (Fsp3) is 0.600. The summed E-state index contributed by atoms with van der Waals surface area (Å²) >= 11 is 0. The molecule has 0 aromatic carbocycles. The van der Waals surface area contributed by atoms with Crippen LogP contribution in [-0.4, -0.2) is 0 Å². The van der Waals surface area contributed by atoms with Crippen molar-refractivity contribution in [3.8, 4) is 0 Å². The quantitative estimate of drug-likeness (QED) is 0.599. The molecule has 1 heterocycles. The molecule has 0 amide bonds. The van der Waals surface area contributed by atoms with E-state index in [2.05, 4.69) is 40.0 Å². The maximum absolute atomic E-state index is 5.14. The first-order chi connectivity index (χ1) is 5.02. The third-order valence-corrected chi connectivity index (χ3v) is 2.17. The van der Waals surface area contributed by atoms with Crippen molar-refractivity contribution in [2.24, 2.45) is 5.41 Å². The number of hydrogen-bond acceptors (Lipinski definition) is 1. The van der Waals surface area contributed by atoms with E-state index in [1.807, 2.05) is 6.07 Å².